The molecule has 1 amide bonds. The van der Waals surface area contributed by atoms with Crippen LogP contribution in [0.2, 0.25) is 0 Å². The van der Waals surface area contributed by atoms with E-state index in [1.807, 2.05) is 26.8 Å². The third kappa shape index (κ3) is 4.29. The average molecular weight is 435 g/mol. The van der Waals surface area contributed by atoms with Gasteiger partial charge in [-0.15, -0.1) is 0 Å². The Hall–Kier alpha value is -2.51. The number of hydrogen-bond acceptors (Lipinski definition) is 3. The predicted octanol–water partition coefficient (Wildman–Crippen LogP) is 4.86. The lowest BCUT2D eigenvalue weighted by molar-refractivity contribution is 0.0502. The molecule has 168 valence electrons. The molecule has 31 heavy (non-hydrogen) atoms. The lowest BCUT2D eigenvalue weighted by atomic mass is 9.85. The van der Waals surface area contributed by atoms with Gasteiger partial charge in [-0.1, -0.05) is 32.9 Å². The molecule has 1 aromatic carbocycles. The maximum atomic E-state index is 14.1. The van der Waals surface area contributed by atoms with Crippen molar-refractivity contribution in [2.45, 2.75) is 64.0 Å². The first-order valence-electron chi connectivity index (χ1n) is 10.8. The van der Waals surface area contributed by atoms with E-state index in [4.69, 9.17) is 0 Å². The fourth-order valence-electron chi connectivity index (χ4n) is 4.58. The highest BCUT2D eigenvalue weighted by Crippen LogP contribution is 2.38. The lowest BCUT2D eigenvalue weighted by Gasteiger charge is -2.41. The van der Waals surface area contributed by atoms with Crippen molar-refractivity contribution in [3.63, 3.8) is 0 Å². The normalized spacial score (nSPS) is 24.1. The number of benzene rings is 1. The summed E-state index contributed by atoms with van der Waals surface area (Å²) in [5, 5.41) is 7.87. The van der Waals surface area contributed by atoms with Gasteiger partial charge in [0.2, 0.25) is 0 Å². The summed E-state index contributed by atoms with van der Waals surface area (Å²) in [7, 11) is 0. The number of carbonyl (C=O) groups excluding carboxylic acids is 1. The number of carbonyl (C=O) groups is 1. The molecule has 3 heterocycles. The van der Waals surface area contributed by atoms with Crippen molar-refractivity contribution in [1.82, 2.24) is 14.7 Å². The standard InChI is InChI=1S/C23H29F3N4O/c1-23(2,3)19-12-20-27-17(11-18(21(25)26)30(20)28-19)14-7-6-10-29(13-14)22(31)15-8-4-5-9-16(15)24/h4-5,8-9,12,14,17-18,21,27H,6-7,10-11,13H2,1-3H3/t14?,17-,18+/m0/s1. The molecule has 1 fully saturated rings. The highest BCUT2D eigenvalue weighted by molar-refractivity contribution is 5.94. The van der Waals surface area contributed by atoms with Crippen LogP contribution in [0, 0.1) is 11.7 Å². The first-order chi connectivity index (χ1) is 14.6. The van der Waals surface area contributed by atoms with Gasteiger partial charge in [0.25, 0.3) is 12.3 Å². The van der Waals surface area contributed by atoms with Crippen LogP contribution in [0.5, 0.6) is 0 Å². The SMILES string of the molecule is CC(C)(C)c1cc2n(n1)[C@@H](C(F)F)C[C@@H](C1CCCN(C(=O)c3ccccc3F)C1)N2. The van der Waals surface area contributed by atoms with Crippen molar-refractivity contribution >= 4 is 11.7 Å². The molecule has 0 saturated carbocycles. The van der Waals surface area contributed by atoms with Crippen molar-refractivity contribution in [3.05, 3.63) is 47.4 Å². The molecule has 0 spiro atoms. The molecule has 1 unspecified atom stereocenters. The summed E-state index contributed by atoms with van der Waals surface area (Å²) in [6.07, 6.45) is -0.706. The van der Waals surface area contributed by atoms with Crippen molar-refractivity contribution in [2.75, 3.05) is 18.4 Å². The van der Waals surface area contributed by atoms with Crippen LogP contribution in [0.15, 0.2) is 30.3 Å². The second-order valence-corrected chi connectivity index (χ2v) is 9.63. The number of likely N-dealkylation sites (tertiary alicyclic amines) is 1. The van der Waals surface area contributed by atoms with Gasteiger partial charge in [-0.3, -0.25) is 4.79 Å². The number of aromatic nitrogens is 2. The van der Waals surface area contributed by atoms with E-state index in [9.17, 15) is 18.0 Å². The molecular formula is C23H29F3N4O. The van der Waals surface area contributed by atoms with E-state index in [0.29, 0.717) is 18.9 Å². The molecule has 0 bridgehead atoms. The topological polar surface area (TPSA) is 50.2 Å². The van der Waals surface area contributed by atoms with E-state index >= 15 is 0 Å². The molecule has 1 N–H and O–H groups in total. The van der Waals surface area contributed by atoms with E-state index < -0.39 is 18.3 Å². The van der Waals surface area contributed by atoms with Gasteiger partial charge in [-0.25, -0.2) is 17.9 Å². The van der Waals surface area contributed by atoms with Crippen LogP contribution < -0.4 is 5.32 Å². The minimum Gasteiger partial charge on any atom is -0.367 e. The summed E-state index contributed by atoms with van der Waals surface area (Å²) in [5.74, 6) is -0.276. The zero-order valence-electron chi connectivity index (χ0n) is 18.1. The zero-order chi connectivity index (χ0) is 22.3. The number of anilines is 1. The van der Waals surface area contributed by atoms with Crippen LogP contribution in [0.4, 0.5) is 19.0 Å². The molecule has 2 aliphatic heterocycles. The summed E-state index contributed by atoms with van der Waals surface area (Å²) in [6, 6.07) is 6.60. The molecule has 3 atom stereocenters. The van der Waals surface area contributed by atoms with Crippen LogP contribution >= 0.6 is 0 Å². The average Bonchev–Trinajstić information content (AvgIpc) is 3.17. The Morgan fingerprint density at radius 3 is 2.68 bits per heavy atom. The van der Waals surface area contributed by atoms with Crippen molar-refractivity contribution in [2.24, 2.45) is 5.92 Å². The molecule has 1 aromatic heterocycles. The third-order valence-corrected chi connectivity index (χ3v) is 6.36. The quantitative estimate of drug-likeness (QED) is 0.751. The minimum absolute atomic E-state index is 0.00691. The molecule has 4 rings (SSSR count). The molecule has 2 aliphatic rings. The third-order valence-electron chi connectivity index (χ3n) is 6.36. The van der Waals surface area contributed by atoms with E-state index in [1.165, 1.54) is 16.8 Å². The fourth-order valence-corrected chi connectivity index (χ4v) is 4.58. The number of amides is 1. The highest BCUT2D eigenvalue weighted by Gasteiger charge is 2.39. The Morgan fingerprint density at radius 1 is 1.26 bits per heavy atom. The summed E-state index contributed by atoms with van der Waals surface area (Å²) < 4.78 is 43.4. The Balaban J connectivity index is 1.55. The molecular weight excluding hydrogens is 405 g/mol. The van der Waals surface area contributed by atoms with Gasteiger partial charge in [0.15, 0.2) is 0 Å². The summed E-state index contributed by atoms with van der Waals surface area (Å²) in [6.45, 7) is 6.97. The maximum Gasteiger partial charge on any atom is 0.260 e. The predicted molar refractivity (Wildman–Crippen MR) is 113 cm³/mol. The van der Waals surface area contributed by atoms with Gasteiger partial charge >= 0.3 is 0 Å². The largest absolute Gasteiger partial charge is 0.367 e. The fraction of sp³-hybridized carbons (Fsp3) is 0.565. The second kappa shape index (κ2) is 8.20. The number of nitrogens with one attached hydrogen (secondary N) is 1. The van der Waals surface area contributed by atoms with E-state index in [0.717, 1.165) is 18.5 Å². The van der Waals surface area contributed by atoms with Crippen LogP contribution in [-0.2, 0) is 5.41 Å². The molecule has 5 nitrogen and oxygen atoms in total. The first-order valence-corrected chi connectivity index (χ1v) is 10.8. The Bertz CT molecular complexity index is 953. The van der Waals surface area contributed by atoms with Crippen LogP contribution in [0.1, 0.15) is 62.1 Å². The van der Waals surface area contributed by atoms with Gasteiger partial charge in [0.1, 0.15) is 17.7 Å². The number of halogens is 3. The highest BCUT2D eigenvalue weighted by atomic mass is 19.3. The van der Waals surface area contributed by atoms with Gasteiger partial charge in [0.05, 0.1) is 11.3 Å². The Labute approximate surface area is 180 Å². The number of piperidine rings is 1. The number of hydrogen-bond donors (Lipinski definition) is 1. The first kappa shape index (κ1) is 21.7. The van der Waals surface area contributed by atoms with Crippen molar-refractivity contribution in [1.29, 1.82) is 0 Å². The number of alkyl halides is 2. The molecule has 8 heteroatoms. The van der Waals surface area contributed by atoms with Crippen LogP contribution in [0.3, 0.4) is 0 Å². The molecule has 2 aromatic rings. The lowest BCUT2D eigenvalue weighted by Crippen LogP contribution is -2.48. The number of fused-ring (bicyclic) bond motifs is 1. The Kier molecular flexibility index (Phi) is 5.75. The van der Waals surface area contributed by atoms with Gasteiger partial charge in [-0.05, 0) is 37.3 Å². The monoisotopic (exact) mass is 434 g/mol. The van der Waals surface area contributed by atoms with E-state index in [-0.39, 0.29) is 35.3 Å². The summed E-state index contributed by atoms with van der Waals surface area (Å²) in [5.41, 5.74) is 0.571. The van der Waals surface area contributed by atoms with Crippen LogP contribution in [0.25, 0.3) is 0 Å². The van der Waals surface area contributed by atoms with Gasteiger partial charge in [-0.2, -0.15) is 5.10 Å². The Morgan fingerprint density at radius 2 is 2.00 bits per heavy atom. The van der Waals surface area contributed by atoms with Crippen molar-refractivity contribution in [3.8, 4) is 0 Å². The maximum absolute atomic E-state index is 14.1. The van der Waals surface area contributed by atoms with Crippen LogP contribution in [-0.4, -0.2) is 46.1 Å². The minimum atomic E-state index is -2.53. The summed E-state index contributed by atoms with van der Waals surface area (Å²) >= 11 is 0. The molecule has 0 radical (unpaired) electrons. The van der Waals surface area contributed by atoms with E-state index in [2.05, 4.69) is 10.4 Å². The number of nitrogens with zero attached hydrogens (tertiary/aromatic N) is 3. The number of rotatable bonds is 3. The smallest absolute Gasteiger partial charge is 0.260 e. The molecule has 1 saturated heterocycles. The van der Waals surface area contributed by atoms with Gasteiger partial charge < -0.3 is 10.2 Å². The van der Waals surface area contributed by atoms with Gasteiger partial charge in [0, 0.05) is 30.6 Å². The molecule has 0 aliphatic carbocycles. The van der Waals surface area contributed by atoms with E-state index in [1.54, 1.807) is 17.0 Å². The zero-order valence-corrected chi connectivity index (χ0v) is 18.1. The van der Waals surface area contributed by atoms with Crippen molar-refractivity contribution < 1.29 is 18.0 Å². The second-order valence-electron chi connectivity index (χ2n) is 9.63. The summed E-state index contributed by atoms with van der Waals surface area (Å²) in [4.78, 5) is 14.5.